The Morgan fingerprint density at radius 1 is 1.50 bits per heavy atom. The van der Waals surface area contributed by atoms with Crippen LogP contribution in [0, 0.1) is 5.82 Å². The molecule has 0 saturated carbocycles. The highest BCUT2D eigenvalue weighted by Gasteiger charge is 2.25. The van der Waals surface area contributed by atoms with Crippen LogP contribution in [-0.2, 0) is 13.5 Å². The highest BCUT2D eigenvalue weighted by Crippen LogP contribution is 2.29. The van der Waals surface area contributed by atoms with Crippen molar-refractivity contribution in [2.45, 2.75) is 25.3 Å². The Kier molecular flexibility index (Phi) is 3.26. The maximum Gasteiger partial charge on any atom is 0.251 e. The number of nitrogens with one attached hydrogen (secondary N) is 1. The first-order chi connectivity index (χ1) is 9.65. The van der Waals surface area contributed by atoms with Crippen LogP contribution >= 0.6 is 0 Å². The van der Waals surface area contributed by atoms with Crippen LogP contribution in [0.4, 0.5) is 4.39 Å². The number of carbonyl (C=O) groups is 1. The van der Waals surface area contributed by atoms with Gasteiger partial charge in [0.1, 0.15) is 5.82 Å². The molecule has 1 aliphatic rings. The second-order valence-electron chi connectivity index (χ2n) is 5.10. The molecule has 0 fully saturated rings. The van der Waals surface area contributed by atoms with E-state index in [0.29, 0.717) is 5.56 Å². The number of amides is 1. The molecule has 1 aromatic heterocycles. The van der Waals surface area contributed by atoms with Gasteiger partial charge in [0, 0.05) is 23.9 Å². The molecule has 2 aromatic rings. The van der Waals surface area contributed by atoms with Crippen LogP contribution in [0.3, 0.4) is 0 Å². The van der Waals surface area contributed by atoms with Crippen molar-refractivity contribution < 1.29 is 9.18 Å². The van der Waals surface area contributed by atoms with Gasteiger partial charge in [0.15, 0.2) is 0 Å². The molecule has 5 heteroatoms. The molecule has 1 aromatic carbocycles. The summed E-state index contributed by atoms with van der Waals surface area (Å²) in [5.74, 6) is -0.644. The predicted molar refractivity (Wildman–Crippen MR) is 72.8 cm³/mol. The third-order valence-corrected chi connectivity index (χ3v) is 3.77. The van der Waals surface area contributed by atoms with E-state index in [2.05, 4.69) is 10.4 Å². The number of benzene rings is 1. The van der Waals surface area contributed by atoms with E-state index in [0.717, 1.165) is 24.8 Å². The Balaban J connectivity index is 1.80. The van der Waals surface area contributed by atoms with Gasteiger partial charge in [-0.3, -0.25) is 9.48 Å². The van der Waals surface area contributed by atoms with Crippen LogP contribution in [0.1, 0.15) is 40.5 Å². The predicted octanol–water partition coefficient (Wildman–Crippen LogP) is 2.37. The fraction of sp³-hybridized carbons (Fsp3) is 0.333. The summed E-state index contributed by atoms with van der Waals surface area (Å²) in [5, 5.41) is 7.22. The van der Waals surface area contributed by atoms with Crippen LogP contribution in [0.2, 0.25) is 0 Å². The molecule has 0 saturated heterocycles. The minimum absolute atomic E-state index is 0.0387. The summed E-state index contributed by atoms with van der Waals surface area (Å²) < 4.78 is 15.0. The average Bonchev–Trinajstić information content (AvgIpc) is 2.82. The molecule has 0 spiro atoms. The summed E-state index contributed by atoms with van der Waals surface area (Å²) in [5.41, 5.74) is 2.59. The summed E-state index contributed by atoms with van der Waals surface area (Å²) >= 11 is 0. The number of halogens is 1. The minimum atomic E-state index is -0.400. The zero-order valence-electron chi connectivity index (χ0n) is 11.3. The number of rotatable bonds is 2. The molecular formula is C15H16FN3O. The number of aryl methyl sites for hydroxylation is 1. The van der Waals surface area contributed by atoms with Gasteiger partial charge in [0.2, 0.25) is 0 Å². The summed E-state index contributed by atoms with van der Waals surface area (Å²) in [6, 6.07) is 5.70. The van der Waals surface area contributed by atoms with Crippen LogP contribution in [-0.4, -0.2) is 15.7 Å². The fourth-order valence-electron chi connectivity index (χ4n) is 2.73. The van der Waals surface area contributed by atoms with Crippen LogP contribution in [0.5, 0.6) is 0 Å². The summed E-state index contributed by atoms with van der Waals surface area (Å²) in [6.07, 6.45) is 4.70. The van der Waals surface area contributed by atoms with E-state index < -0.39 is 5.82 Å². The summed E-state index contributed by atoms with van der Waals surface area (Å²) in [7, 11) is 1.91. The molecule has 1 atom stereocenters. The molecule has 3 rings (SSSR count). The molecule has 0 unspecified atom stereocenters. The Morgan fingerprint density at radius 3 is 3.15 bits per heavy atom. The molecular weight excluding hydrogens is 257 g/mol. The molecule has 20 heavy (non-hydrogen) atoms. The summed E-state index contributed by atoms with van der Waals surface area (Å²) in [6.45, 7) is 0. The SMILES string of the molecule is Cn1ncc2c1CCC[C@H]2NC(=O)c1cccc(F)c1. The molecule has 1 heterocycles. The molecule has 4 nitrogen and oxygen atoms in total. The van der Waals surface area contributed by atoms with E-state index in [9.17, 15) is 9.18 Å². The Labute approximate surface area is 116 Å². The van der Waals surface area contributed by atoms with E-state index in [1.807, 2.05) is 17.9 Å². The van der Waals surface area contributed by atoms with Gasteiger partial charge in [0.25, 0.3) is 5.91 Å². The third-order valence-electron chi connectivity index (χ3n) is 3.77. The number of aromatic nitrogens is 2. The van der Waals surface area contributed by atoms with Crippen molar-refractivity contribution in [1.82, 2.24) is 15.1 Å². The van der Waals surface area contributed by atoms with Crippen LogP contribution in [0.25, 0.3) is 0 Å². The molecule has 0 radical (unpaired) electrons. The fourth-order valence-corrected chi connectivity index (χ4v) is 2.73. The highest BCUT2D eigenvalue weighted by atomic mass is 19.1. The number of nitrogens with zero attached hydrogens (tertiary/aromatic N) is 2. The smallest absolute Gasteiger partial charge is 0.251 e. The van der Waals surface area contributed by atoms with Gasteiger partial charge in [-0.05, 0) is 37.5 Å². The zero-order valence-corrected chi connectivity index (χ0v) is 11.3. The van der Waals surface area contributed by atoms with E-state index >= 15 is 0 Å². The third kappa shape index (κ3) is 2.31. The van der Waals surface area contributed by atoms with Gasteiger partial charge in [0.05, 0.1) is 12.2 Å². The van der Waals surface area contributed by atoms with Crippen molar-refractivity contribution in [2.75, 3.05) is 0 Å². The van der Waals surface area contributed by atoms with E-state index in [-0.39, 0.29) is 11.9 Å². The standard InChI is InChI=1S/C15H16FN3O/c1-19-14-7-3-6-13(12(14)9-17-19)18-15(20)10-4-2-5-11(16)8-10/h2,4-5,8-9,13H,3,6-7H2,1H3,(H,18,20)/t13-/m1/s1. The van der Waals surface area contributed by atoms with Crippen molar-refractivity contribution >= 4 is 5.91 Å². The van der Waals surface area contributed by atoms with Crippen LogP contribution in [0.15, 0.2) is 30.5 Å². The van der Waals surface area contributed by atoms with Gasteiger partial charge in [-0.15, -0.1) is 0 Å². The number of hydrogen-bond donors (Lipinski definition) is 1. The second kappa shape index (κ2) is 5.07. The number of carbonyl (C=O) groups excluding carboxylic acids is 1. The minimum Gasteiger partial charge on any atom is -0.345 e. The normalized spacial score (nSPS) is 17.6. The zero-order chi connectivity index (χ0) is 14.1. The highest BCUT2D eigenvalue weighted by molar-refractivity contribution is 5.94. The van der Waals surface area contributed by atoms with Gasteiger partial charge in [-0.2, -0.15) is 5.10 Å². The molecule has 1 aliphatic carbocycles. The van der Waals surface area contributed by atoms with Crippen molar-refractivity contribution in [2.24, 2.45) is 7.05 Å². The lowest BCUT2D eigenvalue weighted by Crippen LogP contribution is -2.31. The van der Waals surface area contributed by atoms with Gasteiger partial charge < -0.3 is 5.32 Å². The van der Waals surface area contributed by atoms with Crippen molar-refractivity contribution in [3.63, 3.8) is 0 Å². The lowest BCUT2D eigenvalue weighted by Gasteiger charge is -2.23. The largest absolute Gasteiger partial charge is 0.345 e. The van der Waals surface area contributed by atoms with Crippen LogP contribution < -0.4 is 5.32 Å². The van der Waals surface area contributed by atoms with Gasteiger partial charge in [-0.1, -0.05) is 6.07 Å². The molecule has 104 valence electrons. The average molecular weight is 273 g/mol. The van der Waals surface area contributed by atoms with E-state index in [4.69, 9.17) is 0 Å². The first-order valence-electron chi connectivity index (χ1n) is 6.72. The molecule has 0 aliphatic heterocycles. The lowest BCUT2D eigenvalue weighted by atomic mass is 9.93. The topological polar surface area (TPSA) is 46.9 Å². The quantitative estimate of drug-likeness (QED) is 0.913. The molecule has 1 amide bonds. The number of hydrogen-bond acceptors (Lipinski definition) is 2. The van der Waals surface area contributed by atoms with Crippen molar-refractivity contribution in [1.29, 1.82) is 0 Å². The van der Waals surface area contributed by atoms with E-state index in [1.54, 1.807) is 12.1 Å². The molecule has 0 bridgehead atoms. The van der Waals surface area contributed by atoms with Gasteiger partial charge >= 0.3 is 0 Å². The Morgan fingerprint density at radius 2 is 2.35 bits per heavy atom. The maximum absolute atomic E-state index is 13.2. The Bertz CT molecular complexity index is 650. The summed E-state index contributed by atoms with van der Waals surface area (Å²) in [4.78, 5) is 12.2. The van der Waals surface area contributed by atoms with Crippen molar-refractivity contribution in [3.8, 4) is 0 Å². The maximum atomic E-state index is 13.2. The Hall–Kier alpha value is -2.17. The first-order valence-corrected chi connectivity index (χ1v) is 6.72. The van der Waals surface area contributed by atoms with Gasteiger partial charge in [-0.25, -0.2) is 4.39 Å². The monoisotopic (exact) mass is 273 g/mol. The number of fused-ring (bicyclic) bond motifs is 1. The second-order valence-corrected chi connectivity index (χ2v) is 5.10. The molecule has 1 N–H and O–H groups in total. The first kappa shape index (κ1) is 12.8. The lowest BCUT2D eigenvalue weighted by molar-refractivity contribution is 0.0932. The van der Waals surface area contributed by atoms with Crippen molar-refractivity contribution in [3.05, 3.63) is 53.1 Å². The van der Waals surface area contributed by atoms with E-state index in [1.165, 1.54) is 17.8 Å².